The fourth-order valence-electron chi connectivity index (χ4n) is 1.87. The summed E-state index contributed by atoms with van der Waals surface area (Å²) >= 11 is 7.77. The summed E-state index contributed by atoms with van der Waals surface area (Å²) in [6, 6.07) is 8.32. The van der Waals surface area contributed by atoms with Crippen molar-refractivity contribution in [1.82, 2.24) is 0 Å². The van der Waals surface area contributed by atoms with Crippen LogP contribution in [0.1, 0.15) is 20.8 Å². The van der Waals surface area contributed by atoms with Crippen LogP contribution in [0.25, 0.3) is 0 Å². The van der Waals surface area contributed by atoms with Crippen molar-refractivity contribution in [2.45, 2.75) is 38.9 Å². The summed E-state index contributed by atoms with van der Waals surface area (Å²) in [4.78, 5) is 0. The number of rotatable bonds is 4. The third-order valence-corrected chi connectivity index (χ3v) is 11.0. The van der Waals surface area contributed by atoms with Crippen molar-refractivity contribution in [3.05, 3.63) is 16.5 Å². The zero-order valence-electron chi connectivity index (χ0n) is 8.56. The summed E-state index contributed by atoms with van der Waals surface area (Å²) in [5, 5.41) is 0. The van der Waals surface area contributed by atoms with Gasteiger partial charge in [0.2, 0.25) is 0 Å². The highest BCUT2D eigenvalue weighted by Crippen LogP contribution is 2.25. The van der Waals surface area contributed by atoms with Gasteiger partial charge in [0.25, 0.3) is 0 Å². The molecular formula is C10H17ClSSi. The fraction of sp³-hybridized carbons (Fsp3) is 0.600. The van der Waals surface area contributed by atoms with E-state index < -0.39 is 8.07 Å². The Bertz CT molecular complexity index is 257. The van der Waals surface area contributed by atoms with E-state index in [9.17, 15) is 0 Å². The van der Waals surface area contributed by atoms with Crippen molar-refractivity contribution >= 4 is 35.5 Å². The molecule has 0 fully saturated rings. The summed E-state index contributed by atoms with van der Waals surface area (Å²) in [7, 11) is -1.14. The first-order valence-corrected chi connectivity index (χ1v) is 8.76. The summed E-state index contributed by atoms with van der Waals surface area (Å²) in [5.74, 6) is 0. The Kier molecular flexibility index (Phi) is 4.01. The maximum atomic E-state index is 5.98. The van der Waals surface area contributed by atoms with Crippen LogP contribution in [0.3, 0.4) is 0 Å². The van der Waals surface area contributed by atoms with Gasteiger partial charge in [0.15, 0.2) is 0 Å². The number of hydrogen-bond donors (Lipinski definition) is 0. The van der Waals surface area contributed by atoms with E-state index in [0.717, 1.165) is 4.34 Å². The molecular weight excluding hydrogens is 216 g/mol. The van der Waals surface area contributed by atoms with E-state index in [1.165, 1.54) is 18.1 Å². The lowest BCUT2D eigenvalue weighted by Gasteiger charge is -2.26. The molecule has 0 N–H and O–H groups in total. The van der Waals surface area contributed by atoms with Crippen LogP contribution in [-0.2, 0) is 0 Å². The third kappa shape index (κ3) is 2.17. The van der Waals surface area contributed by atoms with Crippen LogP contribution in [0.15, 0.2) is 12.1 Å². The summed E-state index contributed by atoms with van der Waals surface area (Å²) in [5.41, 5.74) is 0. The Hall–Kier alpha value is 0.207. The number of hydrogen-bond acceptors (Lipinski definition) is 1. The molecule has 0 aliphatic heterocycles. The average molecular weight is 233 g/mol. The smallest absolute Gasteiger partial charge is 0.0987 e. The van der Waals surface area contributed by atoms with Gasteiger partial charge in [0.1, 0.15) is 0 Å². The van der Waals surface area contributed by atoms with Crippen molar-refractivity contribution in [3.63, 3.8) is 0 Å². The zero-order valence-corrected chi connectivity index (χ0v) is 11.1. The summed E-state index contributed by atoms with van der Waals surface area (Å²) in [6.07, 6.45) is 0. The second kappa shape index (κ2) is 4.62. The van der Waals surface area contributed by atoms with E-state index >= 15 is 0 Å². The van der Waals surface area contributed by atoms with Crippen molar-refractivity contribution < 1.29 is 0 Å². The first-order chi connectivity index (χ1) is 6.18. The van der Waals surface area contributed by atoms with E-state index in [1.54, 1.807) is 15.8 Å². The lowest BCUT2D eigenvalue weighted by Crippen LogP contribution is -2.43. The Morgan fingerprint density at radius 3 is 2.00 bits per heavy atom. The topological polar surface area (TPSA) is 0 Å². The predicted molar refractivity (Wildman–Crippen MR) is 66.2 cm³/mol. The Balaban J connectivity index is 3.00. The first kappa shape index (κ1) is 11.3. The van der Waals surface area contributed by atoms with Gasteiger partial charge in [0.05, 0.1) is 12.4 Å². The van der Waals surface area contributed by atoms with Crippen LogP contribution >= 0.6 is 22.9 Å². The molecule has 0 saturated carbocycles. The largest absolute Gasteiger partial charge is 0.133 e. The van der Waals surface area contributed by atoms with E-state index in [2.05, 4.69) is 26.8 Å². The lowest BCUT2D eigenvalue weighted by atomic mass is 10.7. The summed E-state index contributed by atoms with van der Waals surface area (Å²) in [6.45, 7) is 6.98. The molecule has 0 aromatic carbocycles. The van der Waals surface area contributed by atoms with Crippen LogP contribution in [0, 0.1) is 0 Å². The standard InChI is InChI=1S/C10H17ClSSi/c1-4-13(5-2,6-3)10-8-7-9(11)12-10/h7-8H,4-6H2,1-3H3. The Morgan fingerprint density at radius 2 is 1.69 bits per heavy atom. The van der Waals surface area contributed by atoms with Gasteiger partial charge < -0.3 is 0 Å². The maximum Gasteiger partial charge on any atom is 0.0987 e. The molecule has 1 heterocycles. The second-order valence-electron chi connectivity index (χ2n) is 3.44. The van der Waals surface area contributed by atoms with Gasteiger partial charge in [-0.15, -0.1) is 11.3 Å². The SMILES string of the molecule is CC[Si](CC)(CC)c1ccc(Cl)s1. The van der Waals surface area contributed by atoms with Crippen LogP contribution < -0.4 is 4.50 Å². The van der Waals surface area contributed by atoms with Crippen LogP contribution in [0.5, 0.6) is 0 Å². The second-order valence-corrected chi connectivity index (χ2v) is 10.7. The molecule has 0 radical (unpaired) electrons. The van der Waals surface area contributed by atoms with Crippen molar-refractivity contribution in [1.29, 1.82) is 0 Å². The van der Waals surface area contributed by atoms with E-state index in [4.69, 9.17) is 11.6 Å². The van der Waals surface area contributed by atoms with Crippen molar-refractivity contribution in [3.8, 4) is 0 Å². The summed E-state index contributed by atoms with van der Waals surface area (Å²) < 4.78 is 2.53. The molecule has 0 aliphatic rings. The highest BCUT2D eigenvalue weighted by Gasteiger charge is 2.30. The van der Waals surface area contributed by atoms with Gasteiger partial charge >= 0.3 is 0 Å². The van der Waals surface area contributed by atoms with Crippen molar-refractivity contribution in [2.75, 3.05) is 0 Å². The minimum Gasteiger partial charge on any atom is -0.133 e. The van der Waals surface area contributed by atoms with E-state index in [-0.39, 0.29) is 0 Å². The molecule has 0 unspecified atom stereocenters. The number of halogens is 1. The third-order valence-electron chi connectivity index (χ3n) is 3.13. The minimum absolute atomic E-state index is 0.947. The Labute approximate surface area is 90.9 Å². The molecule has 0 spiro atoms. The molecule has 74 valence electrons. The number of thiophene rings is 1. The minimum atomic E-state index is -1.14. The molecule has 0 saturated heterocycles. The molecule has 0 bridgehead atoms. The quantitative estimate of drug-likeness (QED) is 0.686. The van der Waals surface area contributed by atoms with E-state index in [0.29, 0.717) is 0 Å². The average Bonchev–Trinajstić information content (AvgIpc) is 2.57. The van der Waals surface area contributed by atoms with Crippen LogP contribution in [0.4, 0.5) is 0 Å². The molecule has 1 aromatic heterocycles. The van der Waals surface area contributed by atoms with Gasteiger partial charge in [-0.05, 0) is 10.6 Å². The lowest BCUT2D eigenvalue weighted by molar-refractivity contribution is 1.20. The molecule has 1 rings (SSSR count). The van der Waals surface area contributed by atoms with Gasteiger partial charge in [-0.3, -0.25) is 0 Å². The van der Waals surface area contributed by atoms with Gasteiger partial charge in [-0.2, -0.15) is 0 Å². The highest BCUT2D eigenvalue weighted by molar-refractivity contribution is 7.29. The van der Waals surface area contributed by atoms with Crippen LogP contribution in [-0.4, -0.2) is 8.07 Å². The van der Waals surface area contributed by atoms with Crippen molar-refractivity contribution in [2.24, 2.45) is 0 Å². The molecule has 3 heteroatoms. The first-order valence-electron chi connectivity index (χ1n) is 4.94. The monoisotopic (exact) mass is 232 g/mol. The van der Waals surface area contributed by atoms with Gasteiger partial charge in [-0.25, -0.2) is 0 Å². The predicted octanol–water partition coefficient (Wildman–Crippen LogP) is 4.12. The Morgan fingerprint density at radius 1 is 1.15 bits per heavy atom. The highest BCUT2D eigenvalue weighted by atomic mass is 35.5. The van der Waals surface area contributed by atoms with Crippen LogP contribution in [0.2, 0.25) is 22.5 Å². The van der Waals surface area contributed by atoms with E-state index in [1.807, 2.05) is 6.07 Å². The molecule has 0 amide bonds. The van der Waals surface area contributed by atoms with Gasteiger partial charge in [0, 0.05) is 0 Å². The maximum absolute atomic E-state index is 5.98. The normalized spacial score (nSPS) is 12.0. The fourth-order valence-corrected chi connectivity index (χ4v) is 8.34. The molecule has 1 aromatic rings. The molecule has 13 heavy (non-hydrogen) atoms. The van der Waals surface area contributed by atoms with Gasteiger partial charge in [-0.1, -0.05) is 56.6 Å². The molecule has 0 nitrogen and oxygen atoms in total. The molecule has 0 aliphatic carbocycles. The zero-order chi connectivity index (χ0) is 9.90. The molecule has 0 atom stereocenters.